The summed E-state index contributed by atoms with van der Waals surface area (Å²) in [7, 11) is 0. The first-order chi connectivity index (χ1) is 14.3. The third-order valence-electron chi connectivity index (χ3n) is 4.28. The van der Waals surface area contributed by atoms with Gasteiger partial charge in [0.1, 0.15) is 0 Å². The summed E-state index contributed by atoms with van der Waals surface area (Å²) in [5, 5.41) is 4.09. The van der Waals surface area contributed by atoms with Crippen LogP contribution in [0.3, 0.4) is 0 Å². The van der Waals surface area contributed by atoms with Crippen molar-refractivity contribution in [2.45, 2.75) is 30.4 Å². The van der Waals surface area contributed by atoms with Gasteiger partial charge in [0, 0.05) is 26.3 Å². The fourth-order valence-electron chi connectivity index (χ4n) is 2.94. The fraction of sp³-hybridized carbons (Fsp3) is 0.167. The highest BCUT2D eigenvalue weighted by atomic mass is 35.5. The van der Waals surface area contributed by atoms with Gasteiger partial charge in [0.15, 0.2) is 5.78 Å². The van der Waals surface area contributed by atoms with E-state index in [0.717, 1.165) is 5.56 Å². The van der Waals surface area contributed by atoms with Crippen molar-refractivity contribution in [2.24, 2.45) is 0 Å². The second-order valence-corrected chi connectivity index (χ2v) is 9.53. The van der Waals surface area contributed by atoms with Crippen molar-refractivity contribution in [3.63, 3.8) is 0 Å². The van der Waals surface area contributed by atoms with Crippen molar-refractivity contribution in [3.05, 3.63) is 93.5 Å². The zero-order valence-electron chi connectivity index (χ0n) is 16.6. The third kappa shape index (κ3) is 5.88. The molecule has 3 aromatic rings. The minimum Gasteiger partial charge on any atom is -0.325 e. The zero-order valence-corrected chi connectivity index (χ0v) is 18.9. The molecule has 0 aliphatic carbocycles. The highest BCUT2D eigenvalue weighted by molar-refractivity contribution is 7.99. The number of carbonyl (C=O) groups excluding carboxylic acids is 2. The molecule has 0 aliphatic rings. The van der Waals surface area contributed by atoms with Crippen LogP contribution in [0.4, 0.5) is 5.69 Å². The molecule has 154 valence electrons. The predicted molar refractivity (Wildman–Crippen MR) is 126 cm³/mol. The summed E-state index contributed by atoms with van der Waals surface area (Å²) in [5.74, 6) is -0.511. The standard InChI is InChI=1S/C24H21Cl2NO2S/c1-15(2)30-18-10-7-16(8-11-18)13-23(28)27-22-12-9-17(25)14-20(22)24(29)19-5-3-4-6-21(19)26/h3-12,14-15H,13H2,1-2H3,(H,27,28). The molecule has 0 saturated carbocycles. The normalized spacial score (nSPS) is 10.8. The first-order valence-electron chi connectivity index (χ1n) is 9.47. The summed E-state index contributed by atoms with van der Waals surface area (Å²) in [6.45, 7) is 4.28. The molecule has 3 rings (SSSR count). The first kappa shape index (κ1) is 22.4. The maximum atomic E-state index is 13.0. The van der Waals surface area contributed by atoms with E-state index in [1.807, 2.05) is 24.3 Å². The molecule has 0 heterocycles. The van der Waals surface area contributed by atoms with Crippen LogP contribution in [0.1, 0.15) is 35.3 Å². The largest absolute Gasteiger partial charge is 0.325 e. The fourth-order valence-corrected chi connectivity index (χ4v) is 4.17. The van der Waals surface area contributed by atoms with Gasteiger partial charge < -0.3 is 5.32 Å². The maximum Gasteiger partial charge on any atom is 0.228 e. The van der Waals surface area contributed by atoms with Crippen molar-refractivity contribution in [2.75, 3.05) is 5.32 Å². The van der Waals surface area contributed by atoms with Gasteiger partial charge in [0.25, 0.3) is 0 Å². The number of carbonyl (C=O) groups is 2. The van der Waals surface area contributed by atoms with Crippen LogP contribution in [0.25, 0.3) is 0 Å². The lowest BCUT2D eigenvalue weighted by atomic mass is 10.0. The summed E-state index contributed by atoms with van der Waals surface area (Å²) in [6.07, 6.45) is 0.203. The number of halogens is 2. The molecular weight excluding hydrogens is 437 g/mol. The molecule has 0 aromatic heterocycles. The molecule has 0 spiro atoms. The van der Waals surface area contributed by atoms with E-state index in [1.54, 1.807) is 54.2 Å². The Morgan fingerprint density at radius 3 is 2.30 bits per heavy atom. The van der Waals surface area contributed by atoms with Gasteiger partial charge in [-0.2, -0.15) is 0 Å². The monoisotopic (exact) mass is 457 g/mol. The first-order valence-corrected chi connectivity index (χ1v) is 11.1. The molecule has 1 amide bonds. The van der Waals surface area contributed by atoms with E-state index in [-0.39, 0.29) is 18.1 Å². The highest BCUT2D eigenvalue weighted by Crippen LogP contribution is 2.27. The van der Waals surface area contributed by atoms with Gasteiger partial charge in [-0.1, -0.05) is 61.3 Å². The van der Waals surface area contributed by atoms with Crippen molar-refractivity contribution in [3.8, 4) is 0 Å². The Morgan fingerprint density at radius 2 is 1.63 bits per heavy atom. The Labute approximate surface area is 190 Å². The summed E-state index contributed by atoms with van der Waals surface area (Å²) < 4.78 is 0. The van der Waals surface area contributed by atoms with Gasteiger partial charge in [0.05, 0.1) is 17.1 Å². The molecule has 6 heteroatoms. The lowest BCUT2D eigenvalue weighted by Crippen LogP contribution is -2.17. The molecule has 3 aromatic carbocycles. The van der Waals surface area contributed by atoms with Crippen LogP contribution in [0.15, 0.2) is 71.6 Å². The molecule has 0 radical (unpaired) electrons. The van der Waals surface area contributed by atoms with Crippen LogP contribution in [-0.4, -0.2) is 16.9 Å². The van der Waals surface area contributed by atoms with Crippen molar-refractivity contribution >= 4 is 52.3 Å². The molecule has 30 heavy (non-hydrogen) atoms. The molecule has 0 bridgehead atoms. The van der Waals surface area contributed by atoms with Crippen molar-refractivity contribution in [1.82, 2.24) is 0 Å². The van der Waals surface area contributed by atoms with Gasteiger partial charge in [-0.3, -0.25) is 9.59 Å². The summed E-state index contributed by atoms with van der Waals surface area (Å²) in [6, 6.07) is 19.5. The molecule has 0 atom stereocenters. The Balaban J connectivity index is 1.77. The molecular formula is C24H21Cl2NO2S. The average Bonchev–Trinajstić information content (AvgIpc) is 2.70. The third-order valence-corrected chi connectivity index (χ3v) is 5.86. The lowest BCUT2D eigenvalue weighted by molar-refractivity contribution is -0.115. The molecule has 0 unspecified atom stereocenters. The topological polar surface area (TPSA) is 46.2 Å². The quantitative estimate of drug-likeness (QED) is 0.309. The van der Waals surface area contributed by atoms with Gasteiger partial charge in [0.2, 0.25) is 5.91 Å². The Hall–Kier alpha value is -2.27. The number of amides is 1. The van der Waals surface area contributed by atoms with Crippen LogP contribution in [-0.2, 0) is 11.2 Å². The van der Waals surface area contributed by atoms with Crippen molar-refractivity contribution < 1.29 is 9.59 Å². The van der Waals surface area contributed by atoms with E-state index in [1.165, 1.54) is 4.90 Å². The lowest BCUT2D eigenvalue weighted by Gasteiger charge is -2.12. The number of hydrogen-bond donors (Lipinski definition) is 1. The maximum absolute atomic E-state index is 13.0. The van der Waals surface area contributed by atoms with Gasteiger partial charge in [-0.25, -0.2) is 0 Å². The number of ketones is 1. The molecule has 0 saturated heterocycles. The van der Waals surface area contributed by atoms with E-state index in [9.17, 15) is 9.59 Å². The SMILES string of the molecule is CC(C)Sc1ccc(CC(=O)Nc2ccc(Cl)cc2C(=O)c2ccccc2Cl)cc1. The molecule has 1 N–H and O–H groups in total. The molecule has 0 aliphatic heterocycles. The van der Waals surface area contributed by atoms with Gasteiger partial charge in [-0.15, -0.1) is 11.8 Å². The van der Waals surface area contributed by atoms with Crippen LogP contribution in [0.5, 0.6) is 0 Å². The minimum absolute atomic E-state index is 0.203. The number of benzene rings is 3. The second kappa shape index (κ2) is 10.2. The smallest absolute Gasteiger partial charge is 0.228 e. The predicted octanol–water partition coefficient (Wildman–Crippen LogP) is 6.91. The van der Waals surface area contributed by atoms with Gasteiger partial charge in [-0.05, 0) is 48.0 Å². The number of nitrogens with one attached hydrogen (secondary N) is 1. The minimum atomic E-state index is -0.298. The summed E-state index contributed by atoms with van der Waals surface area (Å²) >= 11 is 14.1. The van der Waals surface area contributed by atoms with E-state index < -0.39 is 0 Å². The van der Waals surface area contributed by atoms with Crippen LogP contribution in [0, 0.1) is 0 Å². The van der Waals surface area contributed by atoms with Gasteiger partial charge >= 0.3 is 0 Å². The number of anilines is 1. The number of hydrogen-bond acceptors (Lipinski definition) is 3. The summed E-state index contributed by atoms with van der Waals surface area (Å²) in [5.41, 5.74) is 1.96. The zero-order chi connectivity index (χ0) is 21.7. The average molecular weight is 458 g/mol. The van der Waals surface area contributed by atoms with Crippen LogP contribution >= 0.6 is 35.0 Å². The molecule has 0 fully saturated rings. The van der Waals surface area contributed by atoms with E-state index in [2.05, 4.69) is 19.2 Å². The van der Waals surface area contributed by atoms with E-state index in [4.69, 9.17) is 23.2 Å². The highest BCUT2D eigenvalue weighted by Gasteiger charge is 2.18. The second-order valence-electron chi connectivity index (χ2n) is 7.03. The van der Waals surface area contributed by atoms with E-state index in [0.29, 0.717) is 32.1 Å². The van der Waals surface area contributed by atoms with Crippen LogP contribution < -0.4 is 5.32 Å². The van der Waals surface area contributed by atoms with Crippen molar-refractivity contribution in [1.29, 1.82) is 0 Å². The van der Waals surface area contributed by atoms with E-state index >= 15 is 0 Å². The Morgan fingerprint density at radius 1 is 0.933 bits per heavy atom. The number of rotatable bonds is 7. The van der Waals surface area contributed by atoms with Crippen LogP contribution in [0.2, 0.25) is 10.0 Å². The summed E-state index contributed by atoms with van der Waals surface area (Å²) in [4.78, 5) is 26.8. The Bertz CT molecular complexity index is 1070. The number of thioether (sulfide) groups is 1. The Kier molecular flexibility index (Phi) is 7.59. The molecule has 3 nitrogen and oxygen atoms in total.